The smallest absolute Gasteiger partial charge is 0.247 e. The minimum Gasteiger partial charge on any atom is -0.494 e. The number of rotatable bonds is 6. The third-order valence-electron chi connectivity index (χ3n) is 2.76. The lowest BCUT2D eigenvalue weighted by molar-refractivity contribution is 0.386. The Hall–Kier alpha value is -1.95. The Morgan fingerprint density at radius 1 is 1.35 bits per heavy atom. The predicted octanol–water partition coefficient (Wildman–Crippen LogP) is 2.42. The molecule has 2 rings (SSSR count). The van der Waals surface area contributed by atoms with Crippen molar-refractivity contribution in [2.24, 2.45) is 0 Å². The summed E-state index contributed by atoms with van der Waals surface area (Å²) in [6.45, 7) is 4.90. The molecule has 0 atom stereocenters. The van der Waals surface area contributed by atoms with E-state index in [1.807, 2.05) is 0 Å². The lowest BCUT2D eigenvalue weighted by atomic mass is 10.2. The molecule has 108 valence electrons. The first-order valence-electron chi connectivity index (χ1n) is 6.50. The van der Waals surface area contributed by atoms with Gasteiger partial charge in [0.25, 0.3) is 0 Å². The summed E-state index contributed by atoms with van der Waals surface area (Å²) in [7, 11) is 1.42. The zero-order valence-corrected chi connectivity index (χ0v) is 11.8. The molecule has 0 saturated heterocycles. The lowest BCUT2D eigenvalue weighted by Crippen LogP contribution is -2.25. The number of hydrogen-bond acceptors (Lipinski definition) is 5. The van der Waals surface area contributed by atoms with Crippen LogP contribution in [0.15, 0.2) is 22.6 Å². The van der Waals surface area contributed by atoms with Crippen LogP contribution in [-0.4, -0.2) is 29.9 Å². The molecule has 1 aromatic heterocycles. The number of ether oxygens (including phenoxy) is 1. The maximum atomic E-state index is 13.6. The first-order valence-corrected chi connectivity index (χ1v) is 6.50. The third-order valence-corrected chi connectivity index (χ3v) is 2.76. The van der Waals surface area contributed by atoms with Crippen LogP contribution in [0.1, 0.15) is 19.7 Å². The summed E-state index contributed by atoms with van der Waals surface area (Å²) in [6.07, 6.45) is 0.643. The van der Waals surface area contributed by atoms with Gasteiger partial charge in [0, 0.05) is 24.6 Å². The van der Waals surface area contributed by atoms with E-state index in [2.05, 4.69) is 29.4 Å². The number of benzene rings is 1. The Kier molecular flexibility index (Phi) is 4.68. The average molecular weight is 279 g/mol. The van der Waals surface area contributed by atoms with E-state index in [1.54, 1.807) is 6.07 Å². The van der Waals surface area contributed by atoms with Gasteiger partial charge in [0.05, 0.1) is 7.11 Å². The molecule has 0 amide bonds. The summed E-state index contributed by atoms with van der Waals surface area (Å²) < 4.78 is 24.0. The van der Waals surface area contributed by atoms with Gasteiger partial charge in [-0.05, 0) is 18.2 Å². The molecule has 0 radical (unpaired) electrons. The molecule has 0 aliphatic heterocycles. The second-order valence-electron chi connectivity index (χ2n) is 4.71. The van der Waals surface area contributed by atoms with Crippen LogP contribution in [0, 0.1) is 5.82 Å². The number of hydrogen-bond donors (Lipinski definition) is 1. The summed E-state index contributed by atoms with van der Waals surface area (Å²) in [6, 6.07) is 4.95. The molecule has 1 aromatic carbocycles. The molecular formula is C14H18FN3O2. The van der Waals surface area contributed by atoms with Gasteiger partial charge in [-0.15, -0.1) is 10.2 Å². The quantitative estimate of drug-likeness (QED) is 0.880. The Labute approximate surface area is 117 Å². The SMILES string of the molecule is COc1ccc(-c2nnc(CCNC(C)C)o2)cc1F. The molecule has 0 unspecified atom stereocenters. The molecule has 0 fully saturated rings. The van der Waals surface area contributed by atoms with Gasteiger partial charge < -0.3 is 14.5 Å². The van der Waals surface area contributed by atoms with E-state index < -0.39 is 5.82 Å². The first-order chi connectivity index (χ1) is 9.60. The molecule has 5 nitrogen and oxygen atoms in total. The highest BCUT2D eigenvalue weighted by atomic mass is 19.1. The fourth-order valence-corrected chi connectivity index (χ4v) is 1.74. The second kappa shape index (κ2) is 6.47. The molecule has 2 aromatic rings. The molecule has 0 spiro atoms. The minimum absolute atomic E-state index is 0.189. The van der Waals surface area contributed by atoms with Gasteiger partial charge in [-0.1, -0.05) is 13.8 Å². The first kappa shape index (κ1) is 14.5. The molecule has 1 heterocycles. The summed E-state index contributed by atoms with van der Waals surface area (Å²) in [5.74, 6) is 0.580. The van der Waals surface area contributed by atoms with Gasteiger partial charge in [0.1, 0.15) is 0 Å². The van der Waals surface area contributed by atoms with Crippen molar-refractivity contribution >= 4 is 0 Å². The molecule has 6 heteroatoms. The van der Waals surface area contributed by atoms with Crippen molar-refractivity contribution in [3.8, 4) is 17.2 Å². The zero-order valence-electron chi connectivity index (χ0n) is 11.8. The van der Waals surface area contributed by atoms with Gasteiger partial charge in [0.15, 0.2) is 11.6 Å². The fourth-order valence-electron chi connectivity index (χ4n) is 1.74. The van der Waals surface area contributed by atoms with Gasteiger partial charge in [-0.3, -0.25) is 0 Å². The Balaban J connectivity index is 2.06. The van der Waals surface area contributed by atoms with E-state index in [0.717, 1.165) is 6.54 Å². The number of methoxy groups -OCH3 is 1. The van der Waals surface area contributed by atoms with Gasteiger partial charge in [-0.2, -0.15) is 0 Å². The van der Waals surface area contributed by atoms with Crippen LogP contribution in [0.3, 0.4) is 0 Å². The van der Waals surface area contributed by atoms with Crippen LogP contribution in [0.25, 0.3) is 11.5 Å². The summed E-state index contributed by atoms with van der Waals surface area (Å²) >= 11 is 0. The highest BCUT2D eigenvalue weighted by molar-refractivity contribution is 5.54. The predicted molar refractivity (Wildman–Crippen MR) is 73.1 cm³/mol. The second-order valence-corrected chi connectivity index (χ2v) is 4.71. The molecule has 0 saturated carbocycles. The molecule has 20 heavy (non-hydrogen) atoms. The van der Waals surface area contributed by atoms with E-state index in [9.17, 15) is 4.39 Å². The minimum atomic E-state index is -0.453. The van der Waals surface area contributed by atoms with Crippen molar-refractivity contribution in [2.45, 2.75) is 26.3 Å². The molecule has 0 aliphatic rings. The Morgan fingerprint density at radius 3 is 2.80 bits per heavy atom. The zero-order chi connectivity index (χ0) is 14.5. The van der Waals surface area contributed by atoms with Crippen LogP contribution in [0.2, 0.25) is 0 Å². The van der Waals surface area contributed by atoms with Crippen molar-refractivity contribution in [3.63, 3.8) is 0 Å². The van der Waals surface area contributed by atoms with Crippen molar-refractivity contribution in [2.75, 3.05) is 13.7 Å². The Morgan fingerprint density at radius 2 is 2.15 bits per heavy atom. The summed E-state index contributed by atoms with van der Waals surface area (Å²) in [5, 5.41) is 11.1. The van der Waals surface area contributed by atoms with Gasteiger partial charge in [-0.25, -0.2) is 4.39 Å². The average Bonchev–Trinajstić information content (AvgIpc) is 2.87. The summed E-state index contributed by atoms with van der Waals surface area (Å²) in [4.78, 5) is 0. The standard InChI is InChI=1S/C14H18FN3O2/c1-9(2)16-7-6-13-17-18-14(20-13)10-4-5-12(19-3)11(15)8-10/h4-5,8-9,16H,6-7H2,1-3H3. The highest BCUT2D eigenvalue weighted by Gasteiger charge is 2.11. The number of aromatic nitrogens is 2. The summed E-state index contributed by atoms with van der Waals surface area (Å²) in [5.41, 5.74) is 0.541. The van der Waals surface area contributed by atoms with Gasteiger partial charge in [0.2, 0.25) is 11.8 Å². The lowest BCUT2D eigenvalue weighted by Gasteiger charge is -2.04. The fraction of sp³-hybridized carbons (Fsp3) is 0.429. The van der Waals surface area contributed by atoms with Crippen molar-refractivity contribution in [1.29, 1.82) is 0 Å². The van der Waals surface area contributed by atoms with Crippen LogP contribution >= 0.6 is 0 Å². The number of halogens is 1. The van der Waals surface area contributed by atoms with E-state index in [0.29, 0.717) is 29.8 Å². The van der Waals surface area contributed by atoms with Crippen molar-refractivity contribution in [3.05, 3.63) is 29.9 Å². The maximum absolute atomic E-state index is 13.6. The monoisotopic (exact) mass is 279 g/mol. The highest BCUT2D eigenvalue weighted by Crippen LogP contribution is 2.24. The maximum Gasteiger partial charge on any atom is 0.247 e. The van der Waals surface area contributed by atoms with Gasteiger partial charge >= 0.3 is 0 Å². The van der Waals surface area contributed by atoms with Crippen LogP contribution in [-0.2, 0) is 6.42 Å². The van der Waals surface area contributed by atoms with Crippen LogP contribution in [0.4, 0.5) is 4.39 Å². The van der Waals surface area contributed by atoms with Crippen molar-refractivity contribution < 1.29 is 13.5 Å². The van der Waals surface area contributed by atoms with E-state index >= 15 is 0 Å². The third kappa shape index (κ3) is 3.54. The van der Waals surface area contributed by atoms with E-state index in [-0.39, 0.29) is 5.75 Å². The largest absolute Gasteiger partial charge is 0.494 e. The number of nitrogens with zero attached hydrogens (tertiary/aromatic N) is 2. The van der Waals surface area contributed by atoms with Crippen molar-refractivity contribution in [1.82, 2.24) is 15.5 Å². The van der Waals surface area contributed by atoms with Crippen LogP contribution in [0.5, 0.6) is 5.75 Å². The normalized spacial score (nSPS) is 11.1. The molecule has 0 bridgehead atoms. The molecule has 0 aliphatic carbocycles. The molecular weight excluding hydrogens is 261 g/mol. The Bertz CT molecular complexity index is 569. The number of nitrogens with one attached hydrogen (secondary N) is 1. The van der Waals surface area contributed by atoms with E-state index in [4.69, 9.17) is 9.15 Å². The van der Waals surface area contributed by atoms with E-state index in [1.165, 1.54) is 19.2 Å². The topological polar surface area (TPSA) is 60.2 Å². The molecule has 1 N–H and O–H groups in total. The van der Waals surface area contributed by atoms with Crippen LogP contribution < -0.4 is 10.1 Å².